The lowest BCUT2D eigenvalue weighted by Gasteiger charge is -2.24. The molecule has 2 unspecified atom stereocenters. The molecule has 0 radical (unpaired) electrons. The van der Waals surface area contributed by atoms with E-state index >= 15 is 0 Å². The SMILES string of the molecule is CNC(C)(C#N)CCOCC1CCCCO1. The molecule has 0 aromatic heterocycles. The summed E-state index contributed by atoms with van der Waals surface area (Å²) in [5, 5.41) is 11.9. The Morgan fingerprint density at radius 1 is 1.56 bits per heavy atom. The van der Waals surface area contributed by atoms with Gasteiger partial charge in [0.05, 0.1) is 18.8 Å². The second-order valence-electron chi connectivity index (χ2n) is 4.51. The van der Waals surface area contributed by atoms with Gasteiger partial charge in [0.25, 0.3) is 0 Å². The van der Waals surface area contributed by atoms with Gasteiger partial charge in [-0.2, -0.15) is 5.26 Å². The summed E-state index contributed by atoms with van der Waals surface area (Å²) in [6.07, 6.45) is 4.47. The zero-order valence-corrected chi connectivity index (χ0v) is 10.3. The van der Waals surface area contributed by atoms with Gasteiger partial charge in [0, 0.05) is 19.6 Å². The van der Waals surface area contributed by atoms with Crippen molar-refractivity contribution in [2.75, 3.05) is 26.9 Å². The van der Waals surface area contributed by atoms with Crippen LogP contribution in [0.4, 0.5) is 0 Å². The van der Waals surface area contributed by atoms with Crippen LogP contribution in [0.2, 0.25) is 0 Å². The summed E-state index contributed by atoms with van der Waals surface area (Å²) in [4.78, 5) is 0. The summed E-state index contributed by atoms with van der Waals surface area (Å²) in [6.45, 7) is 4.00. The van der Waals surface area contributed by atoms with Crippen LogP contribution in [0.15, 0.2) is 0 Å². The summed E-state index contributed by atoms with van der Waals surface area (Å²) in [6, 6.07) is 2.24. The van der Waals surface area contributed by atoms with Gasteiger partial charge in [-0.15, -0.1) is 0 Å². The smallest absolute Gasteiger partial charge is 0.105 e. The Kier molecular flexibility index (Phi) is 5.75. The first-order valence-electron chi connectivity index (χ1n) is 6.00. The molecule has 2 atom stereocenters. The monoisotopic (exact) mass is 226 g/mol. The predicted molar refractivity (Wildman–Crippen MR) is 62.1 cm³/mol. The Morgan fingerprint density at radius 3 is 2.94 bits per heavy atom. The number of hydrogen-bond acceptors (Lipinski definition) is 4. The van der Waals surface area contributed by atoms with Gasteiger partial charge >= 0.3 is 0 Å². The fourth-order valence-corrected chi connectivity index (χ4v) is 1.67. The molecule has 4 nitrogen and oxygen atoms in total. The van der Waals surface area contributed by atoms with Crippen molar-refractivity contribution >= 4 is 0 Å². The van der Waals surface area contributed by atoms with Crippen LogP contribution in [-0.4, -0.2) is 38.5 Å². The number of rotatable bonds is 6. The van der Waals surface area contributed by atoms with Gasteiger partial charge in [0.15, 0.2) is 0 Å². The second-order valence-corrected chi connectivity index (χ2v) is 4.51. The van der Waals surface area contributed by atoms with Crippen molar-refractivity contribution in [1.82, 2.24) is 5.32 Å². The Labute approximate surface area is 97.9 Å². The molecule has 1 fully saturated rings. The Hall–Kier alpha value is -0.630. The molecule has 0 aromatic carbocycles. The molecule has 0 aromatic rings. The topological polar surface area (TPSA) is 54.3 Å². The Bertz CT molecular complexity index is 234. The van der Waals surface area contributed by atoms with E-state index in [1.54, 1.807) is 7.05 Å². The van der Waals surface area contributed by atoms with E-state index in [1.807, 2.05) is 6.92 Å². The third-order valence-electron chi connectivity index (χ3n) is 3.12. The summed E-state index contributed by atoms with van der Waals surface area (Å²) in [7, 11) is 1.80. The van der Waals surface area contributed by atoms with Crippen molar-refractivity contribution in [3.8, 4) is 6.07 Å². The molecule has 16 heavy (non-hydrogen) atoms. The minimum absolute atomic E-state index is 0.261. The maximum atomic E-state index is 8.94. The molecular weight excluding hydrogens is 204 g/mol. The maximum Gasteiger partial charge on any atom is 0.105 e. The maximum absolute atomic E-state index is 8.94. The van der Waals surface area contributed by atoms with E-state index in [1.165, 1.54) is 12.8 Å². The van der Waals surface area contributed by atoms with Crippen LogP contribution in [0, 0.1) is 11.3 Å². The third-order valence-corrected chi connectivity index (χ3v) is 3.12. The van der Waals surface area contributed by atoms with Crippen LogP contribution >= 0.6 is 0 Å². The number of hydrogen-bond donors (Lipinski definition) is 1. The quantitative estimate of drug-likeness (QED) is 0.697. The average molecular weight is 226 g/mol. The lowest BCUT2D eigenvalue weighted by Crippen LogP contribution is -2.39. The zero-order valence-electron chi connectivity index (χ0n) is 10.3. The minimum Gasteiger partial charge on any atom is -0.379 e. The summed E-state index contributed by atoms with van der Waals surface area (Å²) < 4.78 is 11.1. The van der Waals surface area contributed by atoms with Crippen LogP contribution in [0.5, 0.6) is 0 Å². The molecule has 1 heterocycles. The zero-order chi connectivity index (χ0) is 11.9. The molecule has 1 rings (SSSR count). The highest BCUT2D eigenvalue weighted by molar-refractivity contribution is 5.02. The van der Waals surface area contributed by atoms with Gasteiger partial charge in [-0.3, -0.25) is 0 Å². The van der Waals surface area contributed by atoms with Gasteiger partial charge in [0.1, 0.15) is 5.54 Å². The highest BCUT2D eigenvalue weighted by atomic mass is 16.5. The molecule has 1 aliphatic heterocycles. The van der Waals surface area contributed by atoms with Crippen LogP contribution < -0.4 is 5.32 Å². The van der Waals surface area contributed by atoms with Crippen LogP contribution in [0.3, 0.4) is 0 Å². The largest absolute Gasteiger partial charge is 0.379 e. The van der Waals surface area contributed by atoms with E-state index in [4.69, 9.17) is 14.7 Å². The summed E-state index contributed by atoms with van der Waals surface area (Å²) >= 11 is 0. The summed E-state index contributed by atoms with van der Waals surface area (Å²) in [5.41, 5.74) is -0.479. The lowest BCUT2D eigenvalue weighted by atomic mass is 10.0. The lowest BCUT2D eigenvalue weighted by molar-refractivity contribution is -0.0424. The molecule has 0 spiro atoms. The van der Waals surface area contributed by atoms with E-state index in [0.717, 1.165) is 13.0 Å². The van der Waals surface area contributed by atoms with Gasteiger partial charge in [-0.05, 0) is 33.2 Å². The highest BCUT2D eigenvalue weighted by Gasteiger charge is 2.21. The second kappa shape index (κ2) is 6.85. The summed E-state index contributed by atoms with van der Waals surface area (Å²) in [5.74, 6) is 0. The van der Waals surface area contributed by atoms with E-state index in [0.29, 0.717) is 19.6 Å². The molecular formula is C12H22N2O2. The molecule has 0 aliphatic carbocycles. The number of nitrogens with zero attached hydrogens (tertiary/aromatic N) is 1. The molecule has 1 aliphatic rings. The Balaban J connectivity index is 2.09. The first kappa shape index (κ1) is 13.4. The van der Waals surface area contributed by atoms with Crippen molar-refractivity contribution in [3.63, 3.8) is 0 Å². The van der Waals surface area contributed by atoms with Crippen molar-refractivity contribution < 1.29 is 9.47 Å². The van der Waals surface area contributed by atoms with E-state index < -0.39 is 5.54 Å². The number of nitriles is 1. The van der Waals surface area contributed by atoms with Crippen LogP contribution in [-0.2, 0) is 9.47 Å². The molecule has 4 heteroatoms. The molecule has 0 saturated carbocycles. The van der Waals surface area contributed by atoms with Crippen LogP contribution in [0.25, 0.3) is 0 Å². The van der Waals surface area contributed by atoms with Crippen molar-refractivity contribution in [2.24, 2.45) is 0 Å². The number of nitrogens with one attached hydrogen (secondary N) is 1. The van der Waals surface area contributed by atoms with Gasteiger partial charge in [0.2, 0.25) is 0 Å². The highest BCUT2D eigenvalue weighted by Crippen LogP contribution is 2.13. The molecule has 1 saturated heterocycles. The normalized spacial score (nSPS) is 24.7. The minimum atomic E-state index is -0.479. The van der Waals surface area contributed by atoms with Gasteiger partial charge in [-0.1, -0.05) is 0 Å². The number of ether oxygens (including phenoxy) is 2. The van der Waals surface area contributed by atoms with E-state index in [9.17, 15) is 0 Å². The van der Waals surface area contributed by atoms with E-state index in [2.05, 4.69) is 11.4 Å². The molecule has 0 amide bonds. The first-order chi connectivity index (χ1) is 7.70. The van der Waals surface area contributed by atoms with E-state index in [-0.39, 0.29) is 6.10 Å². The Morgan fingerprint density at radius 2 is 2.38 bits per heavy atom. The fourth-order valence-electron chi connectivity index (χ4n) is 1.67. The fraction of sp³-hybridized carbons (Fsp3) is 0.917. The third kappa shape index (κ3) is 4.48. The van der Waals surface area contributed by atoms with Crippen molar-refractivity contribution in [1.29, 1.82) is 5.26 Å². The van der Waals surface area contributed by atoms with Crippen molar-refractivity contribution in [3.05, 3.63) is 0 Å². The van der Waals surface area contributed by atoms with Gasteiger partial charge < -0.3 is 14.8 Å². The standard InChI is InChI=1S/C12H22N2O2/c1-12(10-13,14-2)6-8-15-9-11-5-3-4-7-16-11/h11,14H,3-9H2,1-2H3. The van der Waals surface area contributed by atoms with Gasteiger partial charge in [-0.25, -0.2) is 0 Å². The first-order valence-corrected chi connectivity index (χ1v) is 6.00. The molecule has 0 bridgehead atoms. The van der Waals surface area contributed by atoms with Crippen LogP contribution in [0.1, 0.15) is 32.6 Å². The average Bonchev–Trinajstić information content (AvgIpc) is 2.36. The molecule has 92 valence electrons. The molecule has 1 N–H and O–H groups in total. The van der Waals surface area contributed by atoms with Crippen molar-refractivity contribution in [2.45, 2.75) is 44.2 Å². The predicted octanol–water partition coefficient (Wildman–Crippen LogP) is 1.46.